The third-order valence-electron chi connectivity index (χ3n) is 5.27. The van der Waals surface area contributed by atoms with Gasteiger partial charge in [-0.25, -0.2) is 4.39 Å². The number of anilines is 1. The van der Waals surface area contributed by atoms with Crippen molar-refractivity contribution >= 4 is 5.69 Å². The van der Waals surface area contributed by atoms with E-state index in [4.69, 9.17) is 0 Å². The summed E-state index contributed by atoms with van der Waals surface area (Å²) in [6, 6.07) is 22.8. The van der Waals surface area contributed by atoms with Gasteiger partial charge in [0.05, 0.1) is 17.5 Å². The molecule has 0 fully saturated rings. The van der Waals surface area contributed by atoms with Crippen LogP contribution in [0.5, 0.6) is 0 Å². The fraction of sp³-hybridized carbons (Fsp3) is 0.185. The van der Waals surface area contributed by atoms with Gasteiger partial charge < -0.3 is 10.4 Å². The summed E-state index contributed by atoms with van der Waals surface area (Å²) in [4.78, 5) is 8.98. The number of nitrogens with zero attached hydrogens (tertiary/aromatic N) is 2. The standard InChI is InChI=1S/C27H26FN3O/c1-19(32)18-21-4-2-20(3-5-21)14-15-29-25-12-8-23(9-13-25)27-26(30-16-17-31-27)22-6-10-24(28)11-7-22/h2-13,16-17,19,29,32H,14-15,18H2,1H3. The smallest absolute Gasteiger partial charge is 0.123 e. The van der Waals surface area contributed by atoms with E-state index >= 15 is 0 Å². The van der Waals surface area contributed by atoms with Gasteiger partial charge in [0.2, 0.25) is 0 Å². The first-order valence-electron chi connectivity index (χ1n) is 10.8. The van der Waals surface area contributed by atoms with Crippen LogP contribution in [0.25, 0.3) is 22.5 Å². The third kappa shape index (κ3) is 5.56. The SMILES string of the molecule is CC(O)Cc1ccc(CCNc2ccc(-c3nccnc3-c3ccc(F)cc3)cc2)cc1. The molecule has 1 unspecified atom stereocenters. The fourth-order valence-electron chi connectivity index (χ4n) is 3.65. The zero-order valence-corrected chi connectivity index (χ0v) is 18.0. The summed E-state index contributed by atoms with van der Waals surface area (Å²) in [5.41, 5.74) is 6.72. The minimum Gasteiger partial charge on any atom is -0.393 e. The molecule has 0 saturated carbocycles. The van der Waals surface area contributed by atoms with Crippen molar-refractivity contribution in [3.8, 4) is 22.5 Å². The van der Waals surface area contributed by atoms with Gasteiger partial charge in [0.25, 0.3) is 0 Å². The third-order valence-corrected chi connectivity index (χ3v) is 5.27. The highest BCUT2D eigenvalue weighted by Crippen LogP contribution is 2.29. The summed E-state index contributed by atoms with van der Waals surface area (Å²) in [7, 11) is 0. The molecule has 2 N–H and O–H groups in total. The summed E-state index contributed by atoms with van der Waals surface area (Å²) in [6.07, 6.45) is 4.59. The average Bonchev–Trinajstić information content (AvgIpc) is 2.81. The Balaban J connectivity index is 1.39. The zero-order chi connectivity index (χ0) is 22.3. The number of aliphatic hydroxyl groups is 1. The van der Waals surface area contributed by atoms with E-state index in [2.05, 4.69) is 39.6 Å². The van der Waals surface area contributed by atoms with Gasteiger partial charge in [-0.2, -0.15) is 0 Å². The fourth-order valence-corrected chi connectivity index (χ4v) is 3.65. The Morgan fingerprint density at radius 3 is 1.88 bits per heavy atom. The molecule has 1 aromatic heterocycles. The summed E-state index contributed by atoms with van der Waals surface area (Å²) in [5, 5.41) is 12.9. The molecule has 0 amide bonds. The Hall–Kier alpha value is -3.57. The lowest BCUT2D eigenvalue weighted by molar-refractivity contribution is 0.195. The second-order valence-corrected chi connectivity index (χ2v) is 7.88. The molecule has 0 radical (unpaired) electrons. The molecule has 3 aromatic carbocycles. The highest BCUT2D eigenvalue weighted by atomic mass is 19.1. The zero-order valence-electron chi connectivity index (χ0n) is 18.0. The van der Waals surface area contributed by atoms with Crippen LogP contribution in [0.3, 0.4) is 0 Å². The maximum absolute atomic E-state index is 13.3. The van der Waals surface area contributed by atoms with Gasteiger partial charge in [-0.1, -0.05) is 36.4 Å². The molecule has 4 nitrogen and oxygen atoms in total. The molecule has 0 saturated heterocycles. The molecule has 5 heteroatoms. The monoisotopic (exact) mass is 427 g/mol. The molecule has 0 aliphatic carbocycles. The summed E-state index contributed by atoms with van der Waals surface area (Å²) >= 11 is 0. The second-order valence-electron chi connectivity index (χ2n) is 7.88. The van der Waals surface area contributed by atoms with E-state index in [1.54, 1.807) is 31.5 Å². The summed E-state index contributed by atoms with van der Waals surface area (Å²) in [6.45, 7) is 2.62. The number of aliphatic hydroxyl groups excluding tert-OH is 1. The first-order valence-corrected chi connectivity index (χ1v) is 10.8. The van der Waals surface area contributed by atoms with Crippen LogP contribution >= 0.6 is 0 Å². The molecule has 1 atom stereocenters. The number of hydrogen-bond acceptors (Lipinski definition) is 4. The molecule has 4 rings (SSSR count). The lowest BCUT2D eigenvalue weighted by Gasteiger charge is -2.10. The van der Waals surface area contributed by atoms with Crippen molar-refractivity contribution in [2.24, 2.45) is 0 Å². The number of nitrogens with one attached hydrogen (secondary N) is 1. The van der Waals surface area contributed by atoms with Gasteiger partial charge in [-0.05, 0) is 67.3 Å². The Morgan fingerprint density at radius 1 is 0.781 bits per heavy atom. The van der Waals surface area contributed by atoms with Crippen LogP contribution in [0.15, 0.2) is 85.2 Å². The van der Waals surface area contributed by atoms with E-state index in [0.717, 1.165) is 46.7 Å². The van der Waals surface area contributed by atoms with Crippen molar-refractivity contribution in [2.75, 3.05) is 11.9 Å². The Kier molecular flexibility index (Phi) is 6.87. The Labute approximate surface area is 187 Å². The van der Waals surface area contributed by atoms with E-state index in [1.807, 2.05) is 24.3 Å². The van der Waals surface area contributed by atoms with Crippen molar-refractivity contribution in [1.82, 2.24) is 9.97 Å². The van der Waals surface area contributed by atoms with Crippen molar-refractivity contribution in [2.45, 2.75) is 25.9 Å². The molecule has 162 valence electrons. The van der Waals surface area contributed by atoms with Crippen LogP contribution < -0.4 is 5.32 Å². The van der Waals surface area contributed by atoms with Gasteiger partial charge in [-0.15, -0.1) is 0 Å². The molecule has 0 bridgehead atoms. The number of rotatable bonds is 8. The van der Waals surface area contributed by atoms with Gasteiger partial charge >= 0.3 is 0 Å². The molecular weight excluding hydrogens is 401 g/mol. The van der Waals surface area contributed by atoms with Crippen LogP contribution in [-0.2, 0) is 12.8 Å². The second kappa shape index (κ2) is 10.2. The molecule has 32 heavy (non-hydrogen) atoms. The quantitative estimate of drug-likeness (QED) is 0.388. The summed E-state index contributed by atoms with van der Waals surface area (Å²) in [5.74, 6) is -0.273. The molecular formula is C27H26FN3O. The van der Waals surface area contributed by atoms with Crippen molar-refractivity contribution < 1.29 is 9.50 Å². The van der Waals surface area contributed by atoms with E-state index in [-0.39, 0.29) is 11.9 Å². The predicted octanol–water partition coefficient (Wildman–Crippen LogP) is 5.53. The first-order chi connectivity index (χ1) is 15.6. The molecule has 4 aromatic rings. The van der Waals surface area contributed by atoms with Crippen molar-refractivity contribution in [3.63, 3.8) is 0 Å². The van der Waals surface area contributed by atoms with Crippen LogP contribution in [0.4, 0.5) is 10.1 Å². The largest absolute Gasteiger partial charge is 0.393 e. The van der Waals surface area contributed by atoms with Crippen LogP contribution in [-0.4, -0.2) is 27.7 Å². The van der Waals surface area contributed by atoms with E-state index in [1.165, 1.54) is 17.7 Å². The number of benzene rings is 3. The predicted molar refractivity (Wildman–Crippen MR) is 127 cm³/mol. The number of hydrogen-bond donors (Lipinski definition) is 2. The maximum Gasteiger partial charge on any atom is 0.123 e. The molecule has 0 spiro atoms. The number of aromatic nitrogens is 2. The van der Waals surface area contributed by atoms with Crippen molar-refractivity contribution in [3.05, 3.63) is 102 Å². The average molecular weight is 428 g/mol. The highest BCUT2D eigenvalue weighted by molar-refractivity contribution is 5.78. The normalized spacial score (nSPS) is 11.8. The van der Waals surface area contributed by atoms with Crippen LogP contribution in [0.2, 0.25) is 0 Å². The minimum atomic E-state index is -0.320. The van der Waals surface area contributed by atoms with Gasteiger partial charge in [0.1, 0.15) is 5.82 Å². The lowest BCUT2D eigenvalue weighted by atomic mass is 10.0. The topological polar surface area (TPSA) is 58.0 Å². The number of halogens is 1. The van der Waals surface area contributed by atoms with E-state index in [9.17, 15) is 9.50 Å². The van der Waals surface area contributed by atoms with Crippen molar-refractivity contribution in [1.29, 1.82) is 0 Å². The van der Waals surface area contributed by atoms with E-state index < -0.39 is 0 Å². The van der Waals surface area contributed by atoms with E-state index in [0.29, 0.717) is 6.42 Å². The maximum atomic E-state index is 13.3. The van der Waals surface area contributed by atoms with Gasteiger partial charge in [0, 0.05) is 35.8 Å². The molecule has 1 heterocycles. The Bertz CT molecular complexity index is 1140. The first kappa shape index (κ1) is 21.7. The van der Waals surface area contributed by atoms with Gasteiger partial charge in [0.15, 0.2) is 0 Å². The molecule has 0 aliphatic rings. The minimum absolute atomic E-state index is 0.273. The highest BCUT2D eigenvalue weighted by Gasteiger charge is 2.10. The Morgan fingerprint density at radius 2 is 1.31 bits per heavy atom. The summed E-state index contributed by atoms with van der Waals surface area (Å²) < 4.78 is 13.3. The van der Waals surface area contributed by atoms with Crippen LogP contribution in [0, 0.1) is 5.82 Å². The van der Waals surface area contributed by atoms with Gasteiger partial charge in [-0.3, -0.25) is 9.97 Å². The molecule has 0 aliphatic heterocycles. The van der Waals surface area contributed by atoms with Crippen LogP contribution in [0.1, 0.15) is 18.1 Å². The lowest BCUT2D eigenvalue weighted by Crippen LogP contribution is -2.06.